The SMILES string of the molecule is COc1cccc([C@@H](C2CCC2)N2CCNCC2)c1O.Cl.Cl. The maximum Gasteiger partial charge on any atom is 0.162 e. The summed E-state index contributed by atoms with van der Waals surface area (Å²) in [6.07, 6.45) is 3.86. The number of para-hydroxylation sites is 1. The van der Waals surface area contributed by atoms with E-state index in [1.807, 2.05) is 12.1 Å². The Kier molecular flexibility index (Phi) is 7.77. The molecule has 0 spiro atoms. The summed E-state index contributed by atoms with van der Waals surface area (Å²) >= 11 is 0. The Morgan fingerprint density at radius 3 is 2.45 bits per heavy atom. The van der Waals surface area contributed by atoms with Gasteiger partial charge in [0.05, 0.1) is 7.11 Å². The molecule has 1 saturated heterocycles. The number of nitrogens with one attached hydrogen (secondary N) is 1. The summed E-state index contributed by atoms with van der Waals surface area (Å²) in [4.78, 5) is 2.52. The molecule has 22 heavy (non-hydrogen) atoms. The topological polar surface area (TPSA) is 44.7 Å². The predicted molar refractivity (Wildman–Crippen MR) is 93.7 cm³/mol. The number of ether oxygens (including phenoxy) is 1. The smallest absolute Gasteiger partial charge is 0.162 e. The van der Waals surface area contributed by atoms with Gasteiger partial charge < -0.3 is 15.2 Å². The van der Waals surface area contributed by atoms with Crippen molar-refractivity contribution >= 4 is 24.8 Å². The summed E-state index contributed by atoms with van der Waals surface area (Å²) in [7, 11) is 1.61. The number of phenolic OH excluding ortho intramolecular Hbond substituents is 1. The summed E-state index contributed by atoms with van der Waals surface area (Å²) in [6, 6.07) is 6.21. The number of hydrogen-bond acceptors (Lipinski definition) is 4. The first kappa shape index (κ1) is 19.4. The Hall–Kier alpha value is -0.680. The summed E-state index contributed by atoms with van der Waals surface area (Å²) in [5.74, 6) is 1.58. The van der Waals surface area contributed by atoms with Crippen LogP contribution < -0.4 is 10.1 Å². The number of methoxy groups -OCH3 is 1. The third-order valence-corrected chi connectivity index (χ3v) is 4.71. The van der Waals surface area contributed by atoms with Gasteiger partial charge in [-0.2, -0.15) is 0 Å². The number of benzene rings is 1. The zero-order chi connectivity index (χ0) is 13.9. The molecule has 2 fully saturated rings. The molecule has 0 aromatic heterocycles. The third kappa shape index (κ3) is 3.80. The molecule has 1 heterocycles. The fourth-order valence-corrected chi connectivity index (χ4v) is 3.41. The second-order valence-corrected chi connectivity index (χ2v) is 5.82. The highest BCUT2D eigenvalue weighted by molar-refractivity contribution is 5.85. The molecule has 3 rings (SSSR count). The quantitative estimate of drug-likeness (QED) is 0.877. The van der Waals surface area contributed by atoms with E-state index in [2.05, 4.69) is 16.3 Å². The van der Waals surface area contributed by atoms with E-state index in [9.17, 15) is 5.11 Å². The monoisotopic (exact) mass is 348 g/mol. The van der Waals surface area contributed by atoms with Gasteiger partial charge in [0.15, 0.2) is 11.5 Å². The molecule has 1 saturated carbocycles. The Bertz CT molecular complexity index is 463. The van der Waals surface area contributed by atoms with Crippen LogP contribution in [-0.4, -0.2) is 43.3 Å². The molecule has 2 N–H and O–H groups in total. The lowest BCUT2D eigenvalue weighted by Gasteiger charge is -2.43. The van der Waals surface area contributed by atoms with E-state index in [1.54, 1.807) is 7.11 Å². The first-order valence-electron chi connectivity index (χ1n) is 7.62. The number of nitrogens with zero attached hydrogens (tertiary/aromatic N) is 1. The van der Waals surface area contributed by atoms with Crippen molar-refractivity contribution < 1.29 is 9.84 Å². The Morgan fingerprint density at radius 1 is 1.23 bits per heavy atom. The van der Waals surface area contributed by atoms with Crippen LogP contribution in [0.4, 0.5) is 0 Å². The average molecular weight is 349 g/mol. The Morgan fingerprint density at radius 2 is 1.91 bits per heavy atom. The summed E-state index contributed by atoms with van der Waals surface area (Å²) < 4.78 is 5.27. The van der Waals surface area contributed by atoms with Gasteiger partial charge in [-0.25, -0.2) is 0 Å². The molecular formula is C16H26Cl2N2O2. The molecule has 6 heteroatoms. The molecule has 126 valence electrons. The maximum absolute atomic E-state index is 10.5. The van der Waals surface area contributed by atoms with Crippen LogP contribution in [0.15, 0.2) is 18.2 Å². The molecule has 1 aliphatic carbocycles. The van der Waals surface area contributed by atoms with E-state index in [1.165, 1.54) is 19.3 Å². The van der Waals surface area contributed by atoms with Crippen molar-refractivity contribution in [2.24, 2.45) is 5.92 Å². The van der Waals surface area contributed by atoms with Gasteiger partial charge in [-0.15, -0.1) is 24.8 Å². The number of halogens is 2. The van der Waals surface area contributed by atoms with Crippen LogP contribution in [0.5, 0.6) is 11.5 Å². The van der Waals surface area contributed by atoms with E-state index >= 15 is 0 Å². The van der Waals surface area contributed by atoms with Crippen molar-refractivity contribution in [1.82, 2.24) is 10.2 Å². The zero-order valence-electron chi connectivity index (χ0n) is 13.0. The highest BCUT2D eigenvalue weighted by Gasteiger charge is 2.35. The molecule has 2 aliphatic rings. The second-order valence-electron chi connectivity index (χ2n) is 5.82. The zero-order valence-corrected chi connectivity index (χ0v) is 14.6. The molecule has 1 aliphatic heterocycles. The molecule has 4 nitrogen and oxygen atoms in total. The number of hydrogen-bond donors (Lipinski definition) is 2. The summed E-state index contributed by atoms with van der Waals surface area (Å²) in [5, 5.41) is 13.9. The van der Waals surface area contributed by atoms with E-state index in [4.69, 9.17) is 4.74 Å². The minimum Gasteiger partial charge on any atom is -0.504 e. The lowest BCUT2D eigenvalue weighted by atomic mass is 9.76. The lowest BCUT2D eigenvalue weighted by Crippen LogP contribution is -2.47. The van der Waals surface area contributed by atoms with Gasteiger partial charge in [0.1, 0.15) is 0 Å². The summed E-state index contributed by atoms with van der Waals surface area (Å²) in [5.41, 5.74) is 1.04. The number of piperazine rings is 1. The minimum absolute atomic E-state index is 0. The Labute approximate surface area is 145 Å². The highest BCUT2D eigenvalue weighted by atomic mass is 35.5. The fraction of sp³-hybridized carbons (Fsp3) is 0.625. The van der Waals surface area contributed by atoms with E-state index in [0.29, 0.717) is 23.5 Å². The highest BCUT2D eigenvalue weighted by Crippen LogP contribution is 2.46. The average Bonchev–Trinajstić information content (AvgIpc) is 2.44. The second kappa shape index (κ2) is 8.82. The number of aromatic hydroxyl groups is 1. The van der Waals surface area contributed by atoms with E-state index in [-0.39, 0.29) is 24.8 Å². The molecule has 0 bridgehead atoms. The van der Waals surface area contributed by atoms with Gasteiger partial charge in [-0.05, 0) is 24.8 Å². The number of rotatable bonds is 4. The molecule has 1 aromatic carbocycles. The van der Waals surface area contributed by atoms with E-state index in [0.717, 1.165) is 31.7 Å². The summed E-state index contributed by atoms with van der Waals surface area (Å²) in [6.45, 7) is 4.18. The normalized spacial score (nSPS) is 20.2. The van der Waals surface area contributed by atoms with Crippen molar-refractivity contribution in [2.45, 2.75) is 25.3 Å². The van der Waals surface area contributed by atoms with Crippen molar-refractivity contribution in [3.05, 3.63) is 23.8 Å². The minimum atomic E-state index is 0. The van der Waals surface area contributed by atoms with Gasteiger partial charge in [0.25, 0.3) is 0 Å². The van der Waals surface area contributed by atoms with Gasteiger partial charge in [0.2, 0.25) is 0 Å². The largest absolute Gasteiger partial charge is 0.504 e. The van der Waals surface area contributed by atoms with Crippen LogP contribution >= 0.6 is 24.8 Å². The van der Waals surface area contributed by atoms with Crippen LogP contribution in [-0.2, 0) is 0 Å². The van der Waals surface area contributed by atoms with Crippen molar-refractivity contribution in [3.63, 3.8) is 0 Å². The first-order chi connectivity index (χ1) is 9.81. The molecule has 0 radical (unpaired) electrons. The fourth-order valence-electron chi connectivity index (χ4n) is 3.41. The van der Waals surface area contributed by atoms with Crippen molar-refractivity contribution in [1.29, 1.82) is 0 Å². The van der Waals surface area contributed by atoms with Gasteiger partial charge in [0, 0.05) is 37.8 Å². The standard InChI is InChI=1S/C16H24N2O2.2ClH/c1-20-14-7-3-6-13(16(14)19)15(12-4-2-5-12)18-10-8-17-9-11-18;;/h3,6-7,12,15,17,19H,2,4-5,8-11H2,1H3;2*1H/t15-;;/m1../s1. The molecular weight excluding hydrogens is 323 g/mol. The van der Waals surface area contributed by atoms with Crippen LogP contribution in [0.1, 0.15) is 30.9 Å². The van der Waals surface area contributed by atoms with Crippen LogP contribution in [0.2, 0.25) is 0 Å². The van der Waals surface area contributed by atoms with Gasteiger partial charge in [-0.1, -0.05) is 18.6 Å². The van der Waals surface area contributed by atoms with Crippen LogP contribution in [0.3, 0.4) is 0 Å². The molecule has 0 amide bonds. The van der Waals surface area contributed by atoms with Crippen LogP contribution in [0, 0.1) is 5.92 Å². The third-order valence-electron chi connectivity index (χ3n) is 4.71. The molecule has 1 aromatic rings. The first-order valence-corrected chi connectivity index (χ1v) is 7.62. The molecule has 1 atom stereocenters. The van der Waals surface area contributed by atoms with Gasteiger partial charge >= 0.3 is 0 Å². The van der Waals surface area contributed by atoms with Crippen molar-refractivity contribution in [2.75, 3.05) is 33.3 Å². The molecule has 0 unspecified atom stereocenters. The van der Waals surface area contributed by atoms with Crippen molar-refractivity contribution in [3.8, 4) is 11.5 Å². The Balaban J connectivity index is 0.00000121. The lowest BCUT2D eigenvalue weighted by molar-refractivity contribution is 0.0816. The number of phenols is 1. The van der Waals surface area contributed by atoms with E-state index < -0.39 is 0 Å². The van der Waals surface area contributed by atoms with Gasteiger partial charge in [-0.3, -0.25) is 4.90 Å². The maximum atomic E-state index is 10.5. The predicted octanol–water partition coefficient (Wildman–Crippen LogP) is 2.99. The van der Waals surface area contributed by atoms with Crippen LogP contribution in [0.25, 0.3) is 0 Å².